The number of carbonyl (C=O) groups is 1. The number of nitrogens with zero attached hydrogens (tertiary/aromatic N) is 2. The summed E-state index contributed by atoms with van der Waals surface area (Å²) in [5.41, 5.74) is 6.19. The molecule has 100 valence electrons. The molecule has 1 fully saturated rings. The Morgan fingerprint density at radius 1 is 1.56 bits per heavy atom. The van der Waals surface area contributed by atoms with Crippen LogP contribution in [0, 0.1) is 12.8 Å². The highest BCUT2D eigenvalue weighted by Gasteiger charge is 2.31. The molecule has 0 aliphatic heterocycles. The van der Waals surface area contributed by atoms with Crippen LogP contribution in [0.15, 0.2) is 10.6 Å². The monoisotopic (exact) mass is 251 g/mol. The summed E-state index contributed by atoms with van der Waals surface area (Å²) in [7, 11) is 1.84. The Balaban J connectivity index is 2.09. The van der Waals surface area contributed by atoms with Crippen LogP contribution < -0.4 is 5.73 Å². The standard InChI is InChI=1S/C13H21N3O2/c1-9-7-11(15-18-9)13(17)16(2)12-6-4-3-5-10(12)8-14/h7,10,12H,3-6,8,14H2,1-2H3. The van der Waals surface area contributed by atoms with Gasteiger partial charge in [-0.2, -0.15) is 0 Å². The molecule has 2 rings (SSSR count). The van der Waals surface area contributed by atoms with Gasteiger partial charge in [0.05, 0.1) is 0 Å². The van der Waals surface area contributed by atoms with Gasteiger partial charge in [-0.25, -0.2) is 0 Å². The fraction of sp³-hybridized carbons (Fsp3) is 0.692. The molecule has 2 N–H and O–H groups in total. The van der Waals surface area contributed by atoms with Crippen molar-refractivity contribution >= 4 is 5.91 Å². The summed E-state index contributed by atoms with van der Waals surface area (Å²) < 4.78 is 4.95. The summed E-state index contributed by atoms with van der Waals surface area (Å²) in [6.07, 6.45) is 4.51. The maximum absolute atomic E-state index is 12.3. The van der Waals surface area contributed by atoms with Crippen LogP contribution in [-0.2, 0) is 0 Å². The Morgan fingerprint density at radius 3 is 2.89 bits per heavy atom. The van der Waals surface area contributed by atoms with Crippen LogP contribution in [0.25, 0.3) is 0 Å². The Kier molecular flexibility index (Phi) is 4.01. The first-order chi connectivity index (χ1) is 8.63. The van der Waals surface area contributed by atoms with Gasteiger partial charge in [-0.1, -0.05) is 18.0 Å². The van der Waals surface area contributed by atoms with Crippen LogP contribution in [0.4, 0.5) is 0 Å². The van der Waals surface area contributed by atoms with E-state index in [1.807, 2.05) is 7.05 Å². The highest BCUT2D eigenvalue weighted by Crippen LogP contribution is 2.27. The second-order valence-electron chi connectivity index (χ2n) is 5.09. The molecule has 1 aromatic heterocycles. The fourth-order valence-electron chi connectivity index (χ4n) is 2.77. The van der Waals surface area contributed by atoms with Gasteiger partial charge in [0.15, 0.2) is 5.69 Å². The lowest BCUT2D eigenvalue weighted by atomic mass is 9.83. The summed E-state index contributed by atoms with van der Waals surface area (Å²) in [5, 5.41) is 3.79. The molecule has 1 amide bonds. The van der Waals surface area contributed by atoms with Gasteiger partial charge in [0.1, 0.15) is 5.76 Å². The highest BCUT2D eigenvalue weighted by molar-refractivity contribution is 5.92. The third-order valence-electron chi connectivity index (χ3n) is 3.84. The minimum absolute atomic E-state index is 0.0720. The Labute approximate surface area is 107 Å². The van der Waals surface area contributed by atoms with Crippen molar-refractivity contribution in [2.75, 3.05) is 13.6 Å². The van der Waals surface area contributed by atoms with Gasteiger partial charge in [-0.05, 0) is 32.2 Å². The molecular weight excluding hydrogens is 230 g/mol. The summed E-state index contributed by atoms with van der Waals surface area (Å²) in [6, 6.07) is 1.91. The van der Waals surface area contributed by atoms with Crippen molar-refractivity contribution in [3.05, 3.63) is 17.5 Å². The molecule has 2 unspecified atom stereocenters. The van der Waals surface area contributed by atoms with Crippen molar-refractivity contribution in [2.24, 2.45) is 11.7 Å². The van der Waals surface area contributed by atoms with Crippen LogP contribution >= 0.6 is 0 Å². The minimum atomic E-state index is -0.0720. The molecule has 1 aliphatic carbocycles. The molecule has 18 heavy (non-hydrogen) atoms. The van der Waals surface area contributed by atoms with Crippen LogP contribution in [0.3, 0.4) is 0 Å². The molecule has 0 bridgehead atoms. The molecule has 1 aromatic rings. The Bertz CT molecular complexity index is 416. The minimum Gasteiger partial charge on any atom is -0.361 e. The summed E-state index contributed by atoms with van der Waals surface area (Å²) in [4.78, 5) is 14.1. The summed E-state index contributed by atoms with van der Waals surface area (Å²) in [5.74, 6) is 0.990. The topological polar surface area (TPSA) is 72.4 Å². The molecule has 2 atom stereocenters. The average molecular weight is 251 g/mol. The summed E-state index contributed by atoms with van der Waals surface area (Å²) >= 11 is 0. The first-order valence-corrected chi connectivity index (χ1v) is 6.54. The van der Waals surface area contributed by atoms with Gasteiger partial charge >= 0.3 is 0 Å². The zero-order valence-electron chi connectivity index (χ0n) is 11.1. The van der Waals surface area contributed by atoms with E-state index < -0.39 is 0 Å². The van der Waals surface area contributed by atoms with E-state index in [4.69, 9.17) is 10.3 Å². The quantitative estimate of drug-likeness (QED) is 0.885. The third-order valence-corrected chi connectivity index (χ3v) is 3.84. The number of aryl methyl sites for hydroxylation is 1. The van der Waals surface area contributed by atoms with Gasteiger partial charge < -0.3 is 15.2 Å². The lowest BCUT2D eigenvalue weighted by Gasteiger charge is -2.37. The Morgan fingerprint density at radius 2 is 2.28 bits per heavy atom. The molecule has 1 heterocycles. The van der Waals surface area contributed by atoms with E-state index in [0.717, 1.165) is 19.3 Å². The normalized spacial score (nSPS) is 23.9. The van der Waals surface area contributed by atoms with Crippen LogP contribution in [0.5, 0.6) is 0 Å². The van der Waals surface area contributed by atoms with Gasteiger partial charge in [-0.3, -0.25) is 4.79 Å². The molecule has 5 nitrogen and oxygen atoms in total. The maximum Gasteiger partial charge on any atom is 0.276 e. The molecule has 0 spiro atoms. The van der Waals surface area contributed by atoms with Gasteiger partial charge in [0.2, 0.25) is 0 Å². The number of amides is 1. The summed E-state index contributed by atoms with van der Waals surface area (Å²) in [6.45, 7) is 2.42. The van der Waals surface area contributed by atoms with E-state index in [2.05, 4.69) is 5.16 Å². The van der Waals surface area contributed by atoms with Crippen molar-refractivity contribution in [1.29, 1.82) is 0 Å². The second-order valence-corrected chi connectivity index (χ2v) is 5.09. The Hall–Kier alpha value is -1.36. The predicted molar refractivity (Wildman–Crippen MR) is 68.1 cm³/mol. The largest absolute Gasteiger partial charge is 0.361 e. The molecular formula is C13H21N3O2. The van der Waals surface area contributed by atoms with Crippen LogP contribution in [0.1, 0.15) is 41.9 Å². The SMILES string of the molecule is Cc1cc(C(=O)N(C)C2CCCCC2CN)no1. The fourth-order valence-corrected chi connectivity index (χ4v) is 2.77. The predicted octanol–water partition coefficient (Wildman–Crippen LogP) is 1.57. The van der Waals surface area contributed by atoms with Crippen molar-refractivity contribution in [3.8, 4) is 0 Å². The number of hydrogen-bond donors (Lipinski definition) is 1. The highest BCUT2D eigenvalue weighted by atomic mass is 16.5. The van der Waals surface area contributed by atoms with E-state index in [1.54, 1.807) is 17.9 Å². The third kappa shape index (κ3) is 2.56. The average Bonchev–Trinajstić information content (AvgIpc) is 2.83. The van der Waals surface area contributed by atoms with E-state index in [9.17, 15) is 4.79 Å². The van der Waals surface area contributed by atoms with E-state index in [1.165, 1.54) is 6.42 Å². The molecule has 0 saturated heterocycles. The molecule has 1 aliphatic rings. The van der Waals surface area contributed by atoms with Crippen molar-refractivity contribution in [2.45, 2.75) is 38.6 Å². The number of rotatable bonds is 3. The van der Waals surface area contributed by atoms with Crippen molar-refractivity contribution in [3.63, 3.8) is 0 Å². The van der Waals surface area contributed by atoms with Crippen molar-refractivity contribution < 1.29 is 9.32 Å². The first-order valence-electron chi connectivity index (χ1n) is 6.54. The molecule has 1 saturated carbocycles. The van der Waals surface area contributed by atoms with Gasteiger partial charge in [0, 0.05) is 19.2 Å². The number of aromatic nitrogens is 1. The van der Waals surface area contributed by atoms with Crippen molar-refractivity contribution in [1.82, 2.24) is 10.1 Å². The first kappa shape index (κ1) is 13.1. The zero-order valence-corrected chi connectivity index (χ0v) is 11.1. The number of hydrogen-bond acceptors (Lipinski definition) is 4. The number of carbonyl (C=O) groups excluding carboxylic acids is 1. The number of nitrogens with two attached hydrogens (primary N) is 1. The van der Waals surface area contributed by atoms with E-state index >= 15 is 0 Å². The lowest BCUT2D eigenvalue weighted by molar-refractivity contribution is 0.0610. The zero-order chi connectivity index (χ0) is 13.1. The lowest BCUT2D eigenvalue weighted by Crippen LogP contribution is -2.46. The van der Waals surface area contributed by atoms with E-state index in [-0.39, 0.29) is 11.9 Å². The van der Waals surface area contributed by atoms with Gasteiger partial charge in [-0.15, -0.1) is 0 Å². The molecule has 0 aromatic carbocycles. The van der Waals surface area contributed by atoms with E-state index in [0.29, 0.717) is 23.9 Å². The smallest absolute Gasteiger partial charge is 0.276 e. The van der Waals surface area contributed by atoms with Crippen LogP contribution in [-0.4, -0.2) is 35.6 Å². The van der Waals surface area contributed by atoms with Crippen LogP contribution in [0.2, 0.25) is 0 Å². The molecule has 0 radical (unpaired) electrons. The molecule has 5 heteroatoms. The van der Waals surface area contributed by atoms with Gasteiger partial charge in [0.25, 0.3) is 5.91 Å². The maximum atomic E-state index is 12.3. The second kappa shape index (κ2) is 5.52.